The molecule has 2 heterocycles. The first kappa shape index (κ1) is 23.6. The molecule has 2 aliphatic heterocycles. The second-order valence-corrected chi connectivity index (χ2v) is 7.45. The molecule has 0 spiro atoms. The number of hydrogen-bond acceptors (Lipinski definition) is 5. The number of aliphatic imine (C=N–C) groups is 1. The quantitative estimate of drug-likeness (QED) is 0.321. The van der Waals surface area contributed by atoms with Crippen molar-refractivity contribution in [1.82, 2.24) is 15.5 Å². The highest BCUT2D eigenvalue weighted by molar-refractivity contribution is 14.0. The average molecular weight is 538 g/mol. The van der Waals surface area contributed by atoms with Crippen molar-refractivity contribution in [3.8, 4) is 11.5 Å². The molecule has 0 radical (unpaired) electrons. The molecule has 4 rings (SSSR count). The molecule has 0 atom stereocenters. The Morgan fingerprint density at radius 3 is 2.58 bits per heavy atom. The summed E-state index contributed by atoms with van der Waals surface area (Å²) >= 11 is 0. The first-order valence-corrected chi connectivity index (χ1v) is 10.5. The highest BCUT2D eigenvalue weighted by Gasteiger charge is 2.14. The number of nitrogens with one attached hydrogen (secondary N) is 2. The van der Waals surface area contributed by atoms with E-state index in [1.165, 1.54) is 16.7 Å². The Kier molecular flexibility index (Phi) is 9.23. The van der Waals surface area contributed by atoms with Crippen LogP contribution >= 0.6 is 24.0 Å². The molecular formula is C23H31IN4O3. The van der Waals surface area contributed by atoms with Crippen molar-refractivity contribution in [1.29, 1.82) is 0 Å². The molecule has 0 bridgehead atoms. The molecule has 0 aromatic heterocycles. The van der Waals surface area contributed by atoms with Gasteiger partial charge in [-0.2, -0.15) is 0 Å². The molecule has 31 heavy (non-hydrogen) atoms. The lowest BCUT2D eigenvalue weighted by atomic mass is 10.1. The van der Waals surface area contributed by atoms with E-state index in [1.807, 2.05) is 12.1 Å². The van der Waals surface area contributed by atoms with Gasteiger partial charge in [0.25, 0.3) is 0 Å². The fraction of sp³-hybridized carbons (Fsp3) is 0.435. The third kappa shape index (κ3) is 6.72. The van der Waals surface area contributed by atoms with Crippen molar-refractivity contribution in [2.24, 2.45) is 4.99 Å². The van der Waals surface area contributed by atoms with Gasteiger partial charge in [-0.3, -0.25) is 9.89 Å². The predicted octanol–water partition coefficient (Wildman–Crippen LogP) is 2.77. The summed E-state index contributed by atoms with van der Waals surface area (Å²) in [5.74, 6) is 2.45. The normalized spacial score (nSPS) is 16.0. The lowest BCUT2D eigenvalue weighted by molar-refractivity contribution is 0.0341. The number of fused-ring (bicyclic) bond motifs is 1. The van der Waals surface area contributed by atoms with Gasteiger partial charge < -0.3 is 24.8 Å². The van der Waals surface area contributed by atoms with E-state index >= 15 is 0 Å². The number of benzene rings is 2. The molecule has 0 saturated carbocycles. The zero-order valence-corrected chi connectivity index (χ0v) is 20.3. The summed E-state index contributed by atoms with van der Waals surface area (Å²) in [6, 6.07) is 14.7. The van der Waals surface area contributed by atoms with Crippen LogP contribution in [0.25, 0.3) is 0 Å². The van der Waals surface area contributed by atoms with Crippen LogP contribution in [0, 0.1) is 0 Å². The third-order valence-corrected chi connectivity index (χ3v) is 5.43. The van der Waals surface area contributed by atoms with Crippen LogP contribution in [0.3, 0.4) is 0 Å². The van der Waals surface area contributed by atoms with Crippen molar-refractivity contribution in [3.05, 3.63) is 59.2 Å². The van der Waals surface area contributed by atoms with Gasteiger partial charge in [0.1, 0.15) is 0 Å². The lowest BCUT2D eigenvalue weighted by Crippen LogP contribution is -2.38. The highest BCUT2D eigenvalue weighted by atomic mass is 127. The molecule has 2 aromatic carbocycles. The number of rotatable bonds is 7. The summed E-state index contributed by atoms with van der Waals surface area (Å²) in [5.41, 5.74) is 3.85. The maximum Gasteiger partial charge on any atom is 0.231 e. The van der Waals surface area contributed by atoms with Crippen LogP contribution in [0.15, 0.2) is 47.5 Å². The topological polar surface area (TPSA) is 67.4 Å². The number of halogens is 1. The van der Waals surface area contributed by atoms with Gasteiger partial charge in [-0.05, 0) is 35.2 Å². The Morgan fingerprint density at radius 1 is 1.00 bits per heavy atom. The first-order chi connectivity index (χ1) is 14.8. The number of hydrogen-bond donors (Lipinski definition) is 2. The number of ether oxygens (including phenoxy) is 3. The zero-order valence-electron chi connectivity index (χ0n) is 17.9. The van der Waals surface area contributed by atoms with Gasteiger partial charge in [-0.1, -0.05) is 30.3 Å². The maximum atomic E-state index is 5.46. The van der Waals surface area contributed by atoms with E-state index in [0.717, 1.165) is 69.8 Å². The van der Waals surface area contributed by atoms with Gasteiger partial charge in [0.05, 0.1) is 13.2 Å². The molecule has 2 N–H and O–H groups in total. The van der Waals surface area contributed by atoms with Crippen LogP contribution in [0.1, 0.15) is 16.7 Å². The second-order valence-electron chi connectivity index (χ2n) is 7.45. The van der Waals surface area contributed by atoms with Crippen LogP contribution in [-0.4, -0.2) is 57.5 Å². The van der Waals surface area contributed by atoms with E-state index in [-0.39, 0.29) is 24.0 Å². The van der Waals surface area contributed by atoms with E-state index in [0.29, 0.717) is 6.79 Å². The Balaban J connectivity index is 0.00000272. The standard InChI is InChI=1S/C23H30N4O3.HI/c1-24-23(25-9-8-18-6-7-21-22(14-18)30-17-29-21)26-15-19-4-2-3-5-20(19)16-27-10-12-28-13-11-27;/h2-7,14H,8-13,15-17H2,1H3,(H2,24,25,26);1H. The predicted molar refractivity (Wildman–Crippen MR) is 132 cm³/mol. The van der Waals surface area contributed by atoms with Crippen molar-refractivity contribution in [3.63, 3.8) is 0 Å². The summed E-state index contributed by atoms with van der Waals surface area (Å²) in [4.78, 5) is 6.81. The van der Waals surface area contributed by atoms with Gasteiger partial charge >= 0.3 is 0 Å². The fourth-order valence-electron chi connectivity index (χ4n) is 3.71. The number of guanidine groups is 1. The minimum atomic E-state index is 0. The van der Waals surface area contributed by atoms with Gasteiger partial charge in [0.15, 0.2) is 17.5 Å². The maximum absolute atomic E-state index is 5.46. The van der Waals surface area contributed by atoms with Crippen LogP contribution < -0.4 is 20.1 Å². The van der Waals surface area contributed by atoms with Crippen molar-refractivity contribution >= 4 is 29.9 Å². The van der Waals surface area contributed by atoms with E-state index in [2.05, 4.69) is 50.9 Å². The molecule has 7 nitrogen and oxygen atoms in total. The summed E-state index contributed by atoms with van der Waals surface area (Å²) in [6.45, 7) is 6.41. The van der Waals surface area contributed by atoms with Gasteiger partial charge in [0, 0.05) is 39.8 Å². The lowest BCUT2D eigenvalue weighted by Gasteiger charge is -2.27. The molecule has 2 aliphatic rings. The molecule has 1 saturated heterocycles. The third-order valence-electron chi connectivity index (χ3n) is 5.43. The van der Waals surface area contributed by atoms with Crippen molar-refractivity contribution < 1.29 is 14.2 Å². The van der Waals surface area contributed by atoms with Crippen molar-refractivity contribution in [2.45, 2.75) is 19.5 Å². The van der Waals surface area contributed by atoms with Crippen LogP contribution in [0.5, 0.6) is 11.5 Å². The smallest absolute Gasteiger partial charge is 0.231 e. The summed E-state index contributed by atoms with van der Waals surface area (Å²) in [5, 5.41) is 6.84. The Morgan fingerprint density at radius 2 is 1.77 bits per heavy atom. The fourth-order valence-corrected chi connectivity index (χ4v) is 3.71. The Labute approximate surface area is 201 Å². The molecule has 168 valence electrons. The molecule has 0 amide bonds. The van der Waals surface area contributed by atoms with E-state index in [9.17, 15) is 0 Å². The number of morpholine rings is 1. The minimum absolute atomic E-state index is 0. The van der Waals surface area contributed by atoms with E-state index < -0.39 is 0 Å². The molecule has 8 heteroatoms. The SMILES string of the molecule is CN=C(NCCc1ccc2c(c1)OCO2)NCc1ccccc1CN1CCOCC1.I. The monoisotopic (exact) mass is 538 g/mol. The molecule has 1 fully saturated rings. The van der Waals surface area contributed by atoms with Crippen LogP contribution in [0.2, 0.25) is 0 Å². The summed E-state index contributed by atoms with van der Waals surface area (Å²) < 4.78 is 16.3. The zero-order chi connectivity index (χ0) is 20.6. The largest absolute Gasteiger partial charge is 0.454 e. The van der Waals surface area contributed by atoms with E-state index in [4.69, 9.17) is 14.2 Å². The summed E-state index contributed by atoms with van der Waals surface area (Å²) in [6.07, 6.45) is 0.880. The Hall–Kier alpha value is -2.04. The highest BCUT2D eigenvalue weighted by Crippen LogP contribution is 2.32. The molecule has 0 aliphatic carbocycles. The first-order valence-electron chi connectivity index (χ1n) is 10.5. The average Bonchev–Trinajstić information content (AvgIpc) is 3.26. The minimum Gasteiger partial charge on any atom is -0.454 e. The van der Waals surface area contributed by atoms with Crippen LogP contribution in [0.4, 0.5) is 0 Å². The van der Waals surface area contributed by atoms with Crippen molar-refractivity contribution in [2.75, 3.05) is 46.7 Å². The van der Waals surface area contributed by atoms with Gasteiger partial charge in [-0.25, -0.2) is 0 Å². The second kappa shape index (κ2) is 12.1. The molecule has 0 unspecified atom stereocenters. The molecular weight excluding hydrogens is 507 g/mol. The van der Waals surface area contributed by atoms with Gasteiger partial charge in [0.2, 0.25) is 6.79 Å². The Bertz CT molecular complexity index is 872. The summed E-state index contributed by atoms with van der Waals surface area (Å²) in [7, 11) is 1.80. The molecule has 2 aromatic rings. The van der Waals surface area contributed by atoms with Gasteiger partial charge in [-0.15, -0.1) is 24.0 Å². The van der Waals surface area contributed by atoms with Crippen LogP contribution in [-0.2, 0) is 24.2 Å². The van der Waals surface area contributed by atoms with E-state index in [1.54, 1.807) is 7.05 Å². The number of nitrogens with zero attached hydrogens (tertiary/aromatic N) is 2.